The summed E-state index contributed by atoms with van der Waals surface area (Å²) in [6.07, 6.45) is 1.27. The number of benzene rings is 1. The van der Waals surface area contributed by atoms with Crippen LogP contribution in [0.4, 0.5) is 11.4 Å². The summed E-state index contributed by atoms with van der Waals surface area (Å²) in [6, 6.07) is 3.85. The lowest BCUT2D eigenvalue weighted by molar-refractivity contribution is -0.384. The van der Waals surface area contributed by atoms with Crippen LogP contribution >= 0.6 is 11.6 Å². The molecule has 1 N–H and O–H groups in total. The van der Waals surface area contributed by atoms with Gasteiger partial charge in [-0.15, -0.1) is 0 Å². The van der Waals surface area contributed by atoms with Crippen LogP contribution in [-0.2, 0) is 25.4 Å². The van der Waals surface area contributed by atoms with Crippen molar-refractivity contribution in [2.45, 2.75) is 6.54 Å². The van der Waals surface area contributed by atoms with Crippen molar-refractivity contribution in [2.75, 3.05) is 5.32 Å². The van der Waals surface area contributed by atoms with Crippen LogP contribution in [0.25, 0.3) is 11.2 Å². The average molecular weight is 393 g/mol. The lowest BCUT2D eigenvalue weighted by Crippen LogP contribution is -2.37. The second kappa shape index (κ2) is 6.68. The summed E-state index contributed by atoms with van der Waals surface area (Å²) in [7, 11) is 2.79. The number of hydrogen-bond acceptors (Lipinski definition) is 6. The molecule has 0 unspecified atom stereocenters. The first-order chi connectivity index (χ1) is 12.7. The fraction of sp³-hybridized carbons (Fsp3) is 0.200. The lowest BCUT2D eigenvalue weighted by atomic mass is 10.3. The molecule has 0 atom stereocenters. The van der Waals surface area contributed by atoms with Gasteiger partial charge in [0.15, 0.2) is 11.2 Å². The highest BCUT2D eigenvalue weighted by molar-refractivity contribution is 6.32. The molecule has 0 saturated carbocycles. The molecule has 0 aliphatic carbocycles. The molecule has 0 spiro atoms. The SMILES string of the molecule is Cn1c(=O)c2c(ncn2CC(=O)Nc2ccc(Cl)c([N+](=O)[O-])c2)n(C)c1=O. The van der Waals surface area contributed by atoms with Crippen LogP contribution in [0.15, 0.2) is 34.1 Å². The van der Waals surface area contributed by atoms with Crippen molar-refractivity contribution in [1.29, 1.82) is 0 Å². The summed E-state index contributed by atoms with van der Waals surface area (Å²) >= 11 is 5.74. The predicted molar refractivity (Wildman–Crippen MR) is 97.0 cm³/mol. The normalized spacial score (nSPS) is 10.9. The topological polar surface area (TPSA) is 134 Å². The number of nitrogens with one attached hydrogen (secondary N) is 1. The molecule has 27 heavy (non-hydrogen) atoms. The minimum absolute atomic E-state index is 0.0528. The Balaban J connectivity index is 1.92. The quantitative estimate of drug-likeness (QED) is 0.511. The number of rotatable bonds is 4. The number of halogens is 1. The van der Waals surface area contributed by atoms with Crippen molar-refractivity contribution in [2.24, 2.45) is 14.1 Å². The van der Waals surface area contributed by atoms with E-state index in [2.05, 4.69) is 10.3 Å². The first-order valence-corrected chi connectivity index (χ1v) is 7.93. The Kier molecular flexibility index (Phi) is 4.54. The Morgan fingerprint density at radius 1 is 1.30 bits per heavy atom. The highest BCUT2D eigenvalue weighted by atomic mass is 35.5. The van der Waals surface area contributed by atoms with Crippen LogP contribution in [0.1, 0.15) is 0 Å². The predicted octanol–water partition coefficient (Wildman–Crippen LogP) is 0.634. The molecule has 12 heteroatoms. The van der Waals surface area contributed by atoms with E-state index in [1.54, 1.807) is 0 Å². The minimum Gasteiger partial charge on any atom is -0.324 e. The van der Waals surface area contributed by atoms with Gasteiger partial charge in [-0.3, -0.25) is 28.8 Å². The summed E-state index contributed by atoms with van der Waals surface area (Å²) < 4.78 is 3.42. The summed E-state index contributed by atoms with van der Waals surface area (Å²) in [5.74, 6) is -0.540. The maximum Gasteiger partial charge on any atom is 0.332 e. The van der Waals surface area contributed by atoms with E-state index in [0.29, 0.717) is 0 Å². The first kappa shape index (κ1) is 18.3. The Bertz CT molecular complexity index is 1210. The number of aromatic nitrogens is 4. The van der Waals surface area contributed by atoms with E-state index < -0.39 is 22.1 Å². The molecule has 0 fully saturated rings. The smallest absolute Gasteiger partial charge is 0.324 e. The zero-order valence-electron chi connectivity index (χ0n) is 14.2. The van der Waals surface area contributed by atoms with Crippen LogP contribution < -0.4 is 16.6 Å². The second-order valence-corrected chi connectivity index (χ2v) is 6.13. The largest absolute Gasteiger partial charge is 0.332 e. The van der Waals surface area contributed by atoms with Gasteiger partial charge in [-0.1, -0.05) is 11.6 Å². The molecule has 140 valence electrons. The molecule has 2 aromatic heterocycles. The Morgan fingerprint density at radius 3 is 2.67 bits per heavy atom. The maximum absolute atomic E-state index is 12.3. The van der Waals surface area contributed by atoms with Gasteiger partial charge in [0.25, 0.3) is 11.2 Å². The number of nitro groups is 1. The number of aryl methyl sites for hydroxylation is 1. The number of fused-ring (bicyclic) bond motifs is 1. The van der Waals surface area contributed by atoms with Gasteiger partial charge in [0.2, 0.25) is 5.91 Å². The number of imidazole rings is 1. The number of hydrogen-bond donors (Lipinski definition) is 1. The van der Waals surface area contributed by atoms with E-state index in [9.17, 15) is 24.5 Å². The third kappa shape index (κ3) is 3.19. The van der Waals surface area contributed by atoms with E-state index in [1.807, 2.05) is 0 Å². The number of nitro benzene ring substituents is 1. The van der Waals surface area contributed by atoms with Gasteiger partial charge < -0.3 is 9.88 Å². The zero-order chi connectivity index (χ0) is 19.9. The summed E-state index contributed by atoms with van der Waals surface area (Å²) in [6.45, 7) is -0.277. The van der Waals surface area contributed by atoms with E-state index in [4.69, 9.17) is 11.6 Å². The van der Waals surface area contributed by atoms with Gasteiger partial charge in [-0.25, -0.2) is 9.78 Å². The first-order valence-electron chi connectivity index (χ1n) is 7.55. The molecule has 0 aliphatic rings. The van der Waals surface area contributed by atoms with E-state index in [-0.39, 0.29) is 34.1 Å². The molecular formula is C15H13ClN6O5. The molecule has 0 saturated heterocycles. The molecular weight excluding hydrogens is 380 g/mol. The molecule has 3 rings (SSSR count). The highest BCUT2D eigenvalue weighted by Crippen LogP contribution is 2.27. The number of carbonyl (C=O) groups is 1. The molecule has 0 radical (unpaired) electrons. The standard InChI is InChI=1S/C15H13ClN6O5/c1-19-13-12(14(24)20(2)15(19)25)21(7-17-13)6-11(23)18-8-3-4-9(16)10(5-8)22(26)27/h3-5,7H,6H2,1-2H3,(H,18,23). The molecule has 11 nitrogen and oxygen atoms in total. The van der Waals surface area contributed by atoms with E-state index in [0.717, 1.165) is 10.6 Å². The Hall–Kier alpha value is -3.47. The van der Waals surface area contributed by atoms with Crippen LogP contribution in [0.5, 0.6) is 0 Å². The molecule has 0 aliphatic heterocycles. The Labute approximate surface area is 155 Å². The van der Waals surface area contributed by atoms with Gasteiger partial charge in [-0.05, 0) is 12.1 Å². The minimum atomic E-state index is -0.661. The van der Waals surface area contributed by atoms with Gasteiger partial charge in [0.05, 0.1) is 11.3 Å². The van der Waals surface area contributed by atoms with Crippen molar-refractivity contribution in [3.05, 3.63) is 60.5 Å². The molecule has 3 aromatic rings. The highest BCUT2D eigenvalue weighted by Gasteiger charge is 2.17. The number of carbonyl (C=O) groups excluding carboxylic acids is 1. The van der Waals surface area contributed by atoms with Crippen LogP contribution in [0.2, 0.25) is 5.02 Å². The van der Waals surface area contributed by atoms with Crippen LogP contribution in [0.3, 0.4) is 0 Å². The van der Waals surface area contributed by atoms with Crippen molar-refractivity contribution < 1.29 is 9.72 Å². The zero-order valence-corrected chi connectivity index (χ0v) is 14.9. The van der Waals surface area contributed by atoms with Crippen molar-refractivity contribution in [1.82, 2.24) is 18.7 Å². The third-order valence-corrected chi connectivity index (χ3v) is 4.28. The van der Waals surface area contributed by atoms with Gasteiger partial charge in [-0.2, -0.15) is 0 Å². The van der Waals surface area contributed by atoms with Crippen molar-refractivity contribution in [3.8, 4) is 0 Å². The third-order valence-electron chi connectivity index (χ3n) is 3.96. The molecule has 1 aromatic carbocycles. The number of amides is 1. The maximum atomic E-state index is 12.3. The summed E-state index contributed by atoms with van der Waals surface area (Å²) in [5, 5.41) is 13.4. The van der Waals surface area contributed by atoms with Crippen LogP contribution in [-0.4, -0.2) is 29.5 Å². The van der Waals surface area contributed by atoms with Gasteiger partial charge in [0.1, 0.15) is 11.6 Å². The second-order valence-electron chi connectivity index (χ2n) is 5.72. The average Bonchev–Trinajstić information content (AvgIpc) is 3.03. The molecule has 1 amide bonds. The molecule has 0 bridgehead atoms. The summed E-state index contributed by atoms with van der Waals surface area (Å²) in [5.41, 5.74) is -1.03. The number of anilines is 1. The van der Waals surface area contributed by atoms with Gasteiger partial charge >= 0.3 is 5.69 Å². The lowest BCUT2D eigenvalue weighted by Gasteiger charge is -2.08. The van der Waals surface area contributed by atoms with E-state index in [1.165, 1.54) is 41.7 Å². The fourth-order valence-electron chi connectivity index (χ4n) is 2.60. The van der Waals surface area contributed by atoms with Crippen molar-refractivity contribution in [3.63, 3.8) is 0 Å². The monoisotopic (exact) mass is 392 g/mol. The number of nitrogens with zero attached hydrogens (tertiary/aromatic N) is 5. The van der Waals surface area contributed by atoms with Crippen molar-refractivity contribution >= 4 is 40.0 Å². The van der Waals surface area contributed by atoms with E-state index >= 15 is 0 Å². The van der Waals surface area contributed by atoms with Gasteiger partial charge in [0, 0.05) is 25.8 Å². The Morgan fingerprint density at radius 2 is 2.00 bits per heavy atom. The fourth-order valence-corrected chi connectivity index (χ4v) is 2.79. The van der Waals surface area contributed by atoms with Crippen LogP contribution in [0, 0.1) is 10.1 Å². The summed E-state index contributed by atoms with van der Waals surface area (Å²) in [4.78, 5) is 50.8. The molecule has 2 heterocycles.